The third-order valence-electron chi connectivity index (χ3n) is 2.37. The van der Waals surface area contributed by atoms with Gasteiger partial charge in [-0.2, -0.15) is 4.98 Å². The van der Waals surface area contributed by atoms with Crippen molar-refractivity contribution in [1.29, 1.82) is 0 Å². The van der Waals surface area contributed by atoms with Gasteiger partial charge in [-0.05, 0) is 19.1 Å². The lowest BCUT2D eigenvalue weighted by Crippen LogP contribution is -2.08. The molecule has 98 valence electrons. The highest BCUT2D eigenvalue weighted by molar-refractivity contribution is 5.95. The van der Waals surface area contributed by atoms with E-state index in [1.165, 1.54) is 19.3 Å². The first-order valence-electron chi connectivity index (χ1n) is 5.61. The number of nitrogens with one attached hydrogen (secondary N) is 3. The number of fused-ring (bicyclic) bond motifs is 1. The minimum Gasteiger partial charge on any atom is -0.379 e. The molecule has 0 aliphatic heterocycles. The second-order valence-corrected chi connectivity index (χ2v) is 3.85. The highest BCUT2D eigenvalue weighted by atomic mass is 16.1. The number of carbonyl (C=O) groups excluding carboxylic acids is 1. The van der Waals surface area contributed by atoms with Gasteiger partial charge in [0.15, 0.2) is 5.78 Å². The van der Waals surface area contributed by atoms with Gasteiger partial charge in [-0.1, -0.05) is 0 Å². The Hall–Kier alpha value is -2.70. The van der Waals surface area contributed by atoms with E-state index in [2.05, 4.69) is 25.3 Å². The maximum absolute atomic E-state index is 12.0. The Morgan fingerprint density at radius 2 is 2.32 bits per heavy atom. The molecule has 19 heavy (non-hydrogen) atoms. The number of hydrogen-bond donors (Lipinski definition) is 3. The quantitative estimate of drug-likeness (QED) is 0.428. The molecule has 7 heteroatoms. The smallest absolute Gasteiger partial charge is 0.262 e. The molecular formula is C12H13N5O2. The molecule has 0 radical (unpaired) electrons. The zero-order valence-electron chi connectivity index (χ0n) is 10.5. The predicted octanol–water partition coefficient (Wildman–Crippen LogP) is 0.733. The number of rotatable bonds is 4. The summed E-state index contributed by atoms with van der Waals surface area (Å²) in [6.07, 6.45) is 6.02. The highest BCUT2D eigenvalue weighted by Crippen LogP contribution is 2.15. The number of aliphatic imine (C=N–C) groups is 1. The minimum atomic E-state index is -0.308. The molecule has 2 heterocycles. The van der Waals surface area contributed by atoms with Gasteiger partial charge in [0.05, 0.1) is 11.7 Å². The normalized spacial score (nSPS) is 11.7. The molecule has 2 aromatic heterocycles. The van der Waals surface area contributed by atoms with E-state index >= 15 is 0 Å². The van der Waals surface area contributed by atoms with E-state index in [1.807, 2.05) is 0 Å². The molecule has 0 aromatic carbocycles. The number of ketones is 1. The fraction of sp³-hybridized carbons (Fsp3) is 0.167. The molecule has 0 aliphatic carbocycles. The zero-order valence-corrected chi connectivity index (χ0v) is 10.5. The Morgan fingerprint density at radius 1 is 1.53 bits per heavy atom. The number of hydrogen-bond acceptors (Lipinski definition) is 4. The van der Waals surface area contributed by atoms with Crippen molar-refractivity contribution in [2.45, 2.75) is 6.92 Å². The zero-order chi connectivity index (χ0) is 13.8. The molecule has 7 nitrogen and oxygen atoms in total. The van der Waals surface area contributed by atoms with Crippen molar-refractivity contribution in [2.75, 3.05) is 7.05 Å². The summed E-state index contributed by atoms with van der Waals surface area (Å²) < 4.78 is 0. The van der Waals surface area contributed by atoms with Crippen LogP contribution in [0.3, 0.4) is 0 Å². The fourth-order valence-corrected chi connectivity index (χ4v) is 1.58. The summed E-state index contributed by atoms with van der Waals surface area (Å²) in [4.78, 5) is 36.4. The number of carbonyl (C=O) groups is 1. The molecular weight excluding hydrogens is 246 g/mol. The first kappa shape index (κ1) is 12.7. The van der Waals surface area contributed by atoms with Gasteiger partial charge in [0.25, 0.3) is 5.56 Å². The topological polar surface area (TPSA) is 103 Å². The standard InChI is InChI=1S/C12H13N5O2/c1-7(18)3-4-8-5-14-10-9(8)11(19)17-12(16-10)15-6-13-2/h3-6H,1-2H3,(H3,13,14,15,16,17,19)/b4-3+. The summed E-state index contributed by atoms with van der Waals surface area (Å²) in [7, 11) is 1.69. The van der Waals surface area contributed by atoms with Crippen LogP contribution in [0.1, 0.15) is 12.5 Å². The van der Waals surface area contributed by atoms with Gasteiger partial charge in [0, 0.05) is 18.8 Å². The van der Waals surface area contributed by atoms with Gasteiger partial charge in [-0.3, -0.25) is 14.6 Å². The monoisotopic (exact) mass is 259 g/mol. The molecule has 0 saturated carbocycles. The summed E-state index contributed by atoms with van der Waals surface area (Å²) in [5.74, 6) is 0.116. The summed E-state index contributed by atoms with van der Waals surface area (Å²) in [5.41, 5.74) is 0.732. The van der Waals surface area contributed by atoms with Crippen LogP contribution < -0.4 is 10.9 Å². The molecule has 0 aliphatic rings. The van der Waals surface area contributed by atoms with Gasteiger partial charge >= 0.3 is 0 Å². The first-order chi connectivity index (χ1) is 9.11. The number of nitrogens with zero attached hydrogens (tertiary/aromatic N) is 2. The Labute approximate surface area is 108 Å². The number of aromatic nitrogens is 3. The summed E-state index contributed by atoms with van der Waals surface area (Å²) >= 11 is 0. The Kier molecular flexibility index (Phi) is 3.56. The molecule has 0 spiro atoms. The van der Waals surface area contributed by atoms with Crippen molar-refractivity contribution < 1.29 is 4.79 Å². The van der Waals surface area contributed by atoms with E-state index in [-0.39, 0.29) is 17.3 Å². The first-order valence-corrected chi connectivity index (χ1v) is 5.61. The Balaban J connectivity index is 2.53. The molecule has 0 fully saturated rings. The van der Waals surface area contributed by atoms with Crippen LogP contribution in [-0.4, -0.2) is 34.1 Å². The molecule has 0 bridgehead atoms. The molecule has 0 unspecified atom stereocenters. The van der Waals surface area contributed by atoms with Crippen molar-refractivity contribution >= 4 is 35.2 Å². The van der Waals surface area contributed by atoms with Crippen LogP contribution in [0.2, 0.25) is 0 Å². The molecule has 2 aromatic rings. The molecule has 0 amide bonds. The van der Waals surface area contributed by atoms with Crippen LogP contribution in [0.5, 0.6) is 0 Å². The van der Waals surface area contributed by atoms with Crippen molar-refractivity contribution in [3.8, 4) is 0 Å². The minimum absolute atomic E-state index is 0.0889. The van der Waals surface area contributed by atoms with Gasteiger partial charge in [0.2, 0.25) is 5.95 Å². The molecule has 0 saturated heterocycles. The highest BCUT2D eigenvalue weighted by Gasteiger charge is 2.08. The average Bonchev–Trinajstić information content (AvgIpc) is 2.77. The third kappa shape index (κ3) is 2.76. The molecule has 3 N–H and O–H groups in total. The fourth-order valence-electron chi connectivity index (χ4n) is 1.58. The predicted molar refractivity (Wildman–Crippen MR) is 73.6 cm³/mol. The van der Waals surface area contributed by atoms with Crippen LogP contribution >= 0.6 is 0 Å². The Morgan fingerprint density at radius 3 is 3.00 bits per heavy atom. The second kappa shape index (κ2) is 5.30. The van der Waals surface area contributed by atoms with Gasteiger partial charge in [-0.25, -0.2) is 4.99 Å². The number of aromatic amines is 2. The van der Waals surface area contributed by atoms with Crippen molar-refractivity contribution in [3.05, 3.63) is 28.2 Å². The lowest BCUT2D eigenvalue weighted by molar-refractivity contribution is -0.112. The SMILES string of the molecule is CN/C=N/c1nc2[nH]cc(/C=C/C(C)=O)c2c(=O)[nH]1. The summed E-state index contributed by atoms with van der Waals surface area (Å²) in [6.45, 7) is 1.44. The number of allylic oxidation sites excluding steroid dienone is 1. The number of H-pyrrole nitrogens is 2. The van der Waals surface area contributed by atoms with E-state index < -0.39 is 0 Å². The van der Waals surface area contributed by atoms with Crippen molar-refractivity contribution in [2.24, 2.45) is 4.99 Å². The van der Waals surface area contributed by atoms with Crippen molar-refractivity contribution in [3.63, 3.8) is 0 Å². The van der Waals surface area contributed by atoms with Crippen LogP contribution in [0.15, 0.2) is 22.1 Å². The molecule has 0 atom stereocenters. The van der Waals surface area contributed by atoms with Gasteiger partial charge in [0.1, 0.15) is 5.65 Å². The summed E-state index contributed by atoms with van der Waals surface area (Å²) in [6, 6.07) is 0. The maximum atomic E-state index is 12.0. The van der Waals surface area contributed by atoms with Crippen LogP contribution in [0.25, 0.3) is 17.1 Å². The average molecular weight is 259 g/mol. The van der Waals surface area contributed by atoms with Crippen molar-refractivity contribution in [1.82, 2.24) is 20.3 Å². The van der Waals surface area contributed by atoms with Gasteiger partial charge < -0.3 is 10.3 Å². The Bertz CT molecular complexity index is 723. The van der Waals surface area contributed by atoms with E-state index in [0.717, 1.165) is 0 Å². The van der Waals surface area contributed by atoms with Crippen LogP contribution in [-0.2, 0) is 4.79 Å². The largest absolute Gasteiger partial charge is 0.379 e. The van der Waals surface area contributed by atoms with E-state index in [1.54, 1.807) is 19.3 Å². The van der Waals surface area contributed by atoms with E-state index in [0.29, 0.717) is 16.6 Å². The lowest BCUT2D eigenvalue weighted by atomic mass is 10.2. The van der Waals surface area contributed by atoms with E-state index in [9.17, 15) is 9.59 Å². The third-order valence-corrected chi connectivity index (χ3v) is 2.37. The van der Waals surface area contributed by atoms with Gasteiger partial charge in [-0.15, -0.1) is 0 Å². The maximum Gasteiger partial charge on any atom is 0.262 e. The van der Waals surface area contributed by atoms with Crippen LogP contribution in [0, 0.1) is 0 Å². The van der Waals surface area contributed by atoms with E-state index in [4.69, 9.17) is 0 Å². The summed E-state index contributed by atoms with van der Waals surface area (Å²) in [5, 5.41) is 3.11. The van der Waals surface area contributed by atoms with Crippen LogP contribution in [0.4, 0.5) is 5.95 Å². The second-order valence-electron chi connectivity index (χ2n) is 3.85. The molecule has 2 rings (SSSR count). The lowest BCUT2D eigenvalue weighted by Gasteiger charge is -1.94.